The van der Waals surface area contributed by atoms with Crippen molar-refractivity contribution in [2.45, 2.75) is 11.3 Å². The van der Waals surface area contributed by atoms with Gasteiger partial charge in [-0.15, -0.1) is 11.8 Å². The monoisotopic (exact) mass is 411 g/mol. The molecule has 0 spiro atoms. The second-order valence-corrected chi connectivity index (χ2v) is 8.20. The van der Waals surface area contributed by atoms with Crippen LogP contribution in [0.15, 0.2) is 53.4 Å². The van der Waals surface area contributed by atoms with Gasteiger partial charge >= 0.3 is 0 Å². The van der Waals surface area contributed by atoms with Crippen molar-refractivity contribution in [2.24, 2.45) is 0 Å². The number of hydrogen-bond acceptors (Lipinski definition) is 5. The molecule has 2 aliphatic heterocycles. The van der Waals surface area contributed by atoms with Crippen molar-refractivity contribution in [3.63, 3.8) is 0 Å². The molecule has 2 aromatic carbocycles. The van der Waals surface area contributed by atoms with Gasteiger partial charge in [-0.3, -0.25) is 14.5 Å². The average molecular weight is 412 g/mol. The van der Waals surface area contributed by atoms with Crippen LogP contribution in [0.4, 0.5) is 11.4 Å². The zero-order valence-corrected chi connectivity index (χ0v) is 17.1. The molecule has 2 amide bonds. The molecule has 2 aliphatic rings. The van der Waals surface area contributed by atoms with Crippen LogP contribution in [0.1, 0.15) is 5.56 Å². The first-order valence-electron chi connectivity index (χ1n) is 9.90. The molecule has 1 N–H and O–H groups in total. The molecule has 2 heterocycles. The van der Waals surface area contributed by atoms with Crippen LogP contribution >= 0.6 is 11.8 Å². The Kier molecular flexibility index (Phi) is 6.49. The molecule has 29 heavy (non-hydrogen) atoms. The zero-order chi connectivity index (χ0) is 20.1. The summed E-state index contributed by atoms with van der Waals surface area (Å²) in [6.45, 7) is 4.65. The highest BCUT2D eigenvalue weighted by Gasteiger charge is 2.26. The van der Waals surface area contributed by atoms with Crippen LogP contribution in [0.5, 0.6) is 0 Å². The van der Waals surface area contributed by atoms with Crippen LogP contribution in [0.2, 0.25) is 0 Å². The molecule has 0 radical (unpaired) electrons. The molecule has 0 bridgehead atoms. The van der Waals surface area contributed by atoms with Gasteiger partial charge in [0.15, 0.2) is 0 Å². The highest BCUT2D eigenvalue weighted by molar-refractivity contribution is 8.00. The Morgan fingerprint density at radius 3 is 2.62 bits per heavy atom. The smallest absolute Gasteiger partial charge is 0.244 e. The molecular formula is C22H25N3O3S. The van der Waals surface area contributed by atoms with Crippen molar-refractivity contribution in [3.05, 3.63) is 54.1 Å². The quantitative estimate of drug-likeness (QED) is 0.792. The van der Waals surface area contributed by atoms with E-state index in [1.54, 1.807) is 4.90 Å². The van der Waals surface area contributed by atoms with Gasteiger partial charge in [0, 0.05) is 30.2 Å². The Bertz CT molecular complexity index is 866. The van der Waals surface area contributed by atoms with E-state index in [9.17, 15) is 9.59 Å². The predicted molar refractivity (Wildman–Crippen MR) is 116 cm³/mol. The number of hydrogen-bond donors (Lipinski definition) is 1. The van der Waals surface area contributed by atoms with E-state index in [0.29, 0.717) is 5.75 Å². The van der Waals surface area contributed by atoms with Crippen molar-refractivity contribution >= 4 is 35.0 Å². The predicted octanol–water partition coefficient (Wildman–Crippen LogP) is 2.64. The summed E-state index contributed by atoms with van der Waals surface area (Å²) < 4.78 is 5.38. The molecule has 2 aromatic rings. The van der Waals surface area contributed by atoms with Crippen molar-refractivity contribution in [2.75, 3.05) is 55.4 Å². The van der Waals surface area contributed by atoms with Gasteiger partial charge in [-0.05, 0) is 36.2 Å². The van der Waals surface area contributed by atoms with E-state index in [0.717, 1.165) is 55.5 Å². The molecule has 7 heteroatoms. The maximum absolute atomic E-state index is 12.5. The van der Waals surface area contributed by atoms with Gasteiger partial charge in [0.25, 0.3) is 0 Å². The summed E-state index contributed by atoms with van der Waals surface area (Å²) in [6, 6.07) is 15.6. The Morgan fingerprint density at radius 2 is 1.83 bits per heavy atom. The summed E-state index contributed by atoms with van der Waals surface area (Å²) in [6.07, 6.45) is 0.977. The second kappa shape index (κ2) is 9.43. The minimum absolute atomic E-state index is 0.0230. The molecule has 4 rings (SSSR count). The maximum Gasteiger partial charge on any atom is 0.244 e. The summed E-state index contributed by atoms with van der Waals surface area (Å²) in [5.74, 6) is 0.130. The minimum Gasteiger partial charge on any atom is -0.379 e. The number of amides is 2. The Balaban J connectivity index is 1.31. The number of para-hydroxylation sites is 1. The van der Waals surface area contributed by atoms with Gasteiger partial charge in [-0.2, -0.15) is 0 Å². The molecule has 0 aromatic heterocycles. The Morgan fingerprint density at radius 1 is 1.07 bits per heavy atom. The van der Waals surface area contributed by atoms with E-state index < -0.39 is 0 Å². The molecule has 0 aliphatic carbocycles. The first-order valence-corrected chi connectivity index (χ1v) is 10.9. The van der Waals surface area contributed by atoms with Crippen LogP contribution < -0.4 is 10.2 Å². The number of carbonyl (C=O) groups excluding carboxylic acids is 2. The third-order valence-electron chi connectivity index (χ3n) is 5.17. The van der Waals surface area contributed by atoms with Gasteiger partial charge in [0.1, 0.15) is 6.54 Å². The summed E-state index contributed by atoms with van der Waals surface area (Å²) in [5, 5.41) is 2.91. The van der Waals surface area contributed by atoms with Crippen LogP contribution in [-0.2, 0) is 20.7 Å². The van der Waals surface area contributed by atoms with E-state index in [4.69, 9.17) is 4.74 Å². The number of anilines is 2. The highest BCUT2D eigenvalue weighted by atomic mass is 32.2. The lowest BCUT2D eigenvalue weighted by Crippen LogP contribution is -2.41. The molecule has 0 atom stereocenters. The lowest BCUT2D eigenvalue weighted by atomic mass is 10.1. The number of fused-ring (bicyclic) bond motifs is 1. The SMILES string of the molecule is O=C(CN1C(=O)CSc2ccccc21)Nc1ccc(CCN2CCOCC2)cc1. The number of benzene rings is 2. The average Bonchev–Trinajstić information content (AvgIpc) is 2.76. The third-order valence-corrected chi connectivity index (χ3v) is 6.22. The highest BCUT2D eigenvalue weighted by Crippen LogP contribution is 2.34. The maximum atomic E-state index is 12.5. The number of nitrogens with one attached hydrogen (secondary N) is 1. The number of rotatable bonds is 6. The molecule has 0 unspecified atom stereocenters. The van der Waals surface area contributed by atoms with Crippen LogP contribution in [0.25, 0.3) is 0 Å². The lowest BCUT2D eigenvalue weighted by Gasteiger charge is -2.28. The van der Waals surface area contributed by atoms with Gasteiger partial charge in [-0.1, -0.05) is 24.3 Å². The fourth-order valence-electron chi connectivity index (χ4n) is 3.54. The standard InChI is InChI=1S/C22H25N3O3S/c26-21(15-25-19-3-1-2-4-20(19)29-16-22(25)27)23-18-7-5-17(6-8-18)9-10-24-11-13-28-14-12-24/h1-8H,9-16H2,(H,23,26). The zero-order valence-electron chi connectivity index (χ0n) is 16.3. The van der Waals surface area contributed by atoms with Crippen molar-refractivity contribution < 1.29 is 14.3 Å². The van der Waals surface area contributed by atoms with Gasteiger partial charge in [0.05, 0.1) is 24.7 Å². The molecule has 1 saturated heterocycles. The molecule has 0 saturated carbocycles. The normalized spacial score (nSPS) is 17.1. The first-order chi connectivity index (χ1) is 14.2. The number of morpholine rings is 1. The first kappa shape index (κ1) is 19.9. The van der Waals surface area contributed by atoms with Crippen molar-refractivity contribution in [1.29, 1.82) is 0 Å². The molecule has 152 valence electrons. The lowest BCUT2D eigenvalue weighted by molar-refractivity contribution is -0.120. The Labute approximate surface area is 175 Å². The van der Waals surface area contributed by atoms with Gasteiger partial charge < -0.3 is 15.0 Å². The van der Waals surface area contributed by atoms with Crippen molar-refractivity contribution in [1.82, 2.24) is 4.90 Å². The van der Waals surface area contributed by atoms with Crippen LogP contribution in [0, 0.1) is 0 Å². The van der Waals surface area contributed by atoms with E-state index in [1.807, 2.05) is 48.5 Å². The fourth-order valence-corrected chi connectivity index (χ4v) is 4.47. The number of nitrogens with zero attached hydrogens (tertiary/aromatic N) is 2. The van der Waals surface area contributed by atoms with E-state index in [-0.39, 0.29) is 18.4 Å². The number of carbonyl (C=O) groups is 2. The van der Waals surface area contributed by atoms with Gasteiger partial charge in [-0.25, -0.2) is 0 Å². The van der Waals surface area contributed by atoms with Gasteiger partial charge in [0.2, 0.25) is 11.8 Å². The summed E-state index contributed by atoms with van der Waals surface area (Å²) >= 11 is 1.51. The van der Waals surface area contributed by atoms with E-state index >= 15 is 0 Å². The molecule has 1 fully saturated rings. The second-order valence-electron chi connectivity index (χ2n) is 7.19. The largest absolute Gasteiger partial charge is 0.379 e. The van der Waals surface area contributed by atoms with Crippen LogP contribution in [-0.4, -0.2) is 61.9 Å². The van der Waals surface area contributed by atoms with Crippen molar-refractivity contribution in [3.8, 4) is 0 Å². The molecular weight excluding hydrogens is 386 g/mol. The summed E-state index contributed by atoms with van der Waals surface area (Å²) in [7, 11) is 0. The number of ether oxygens (including phenoxy) is 1. The minimum atomic E-state index is -0.193. The summed E-state index contributed by atoms with van der Waals surface area (Å²) in [5.41, 5.74) is 2.80. The number of thioether (sulfide) groups is 1. The van der Waals surface area contributed by atoms with E-state index in [2.05, 4.69) is 10.2 Å². The summed E-state index contributed by atoms with van der Waals surface area (Å²) in [4.78, 5) is 29.8. The van der Waals surface area contributed by atoms with Crippen LogP contribution in [0.3, 0.4) is 0 Å². The fraction of sp³-hybridized carbons (Fsp3) is 0.364. The van der Waals surface area contributed by atoms with E-state index in [1.165, 1.54) is 17.3 Å². The molecule has 6 nitrogen and oxygen atoms in total. The Hall–Kier alpha value is -2.35. The topological polar surface area (TPSA) is 61.9 Å². The third kappa shape index (κ3) is 5.18.